The topological polar surface area (TPSA) is 13.1 Å². The molecule has 0 N–H and O–H groups in total. The Morgan fingerprint density at radius 2 is 1.93 bits per heavy atom. The zero-order valence-electron chi connectivity index (χ0n) is 10.8. The summed E-state index contributed by atoms with van der Waals surface area (Å²) in [7, 11) is 0. The Kier molecular flexibility index (Phi) is 4.01. The molecular weight excluding hydrogens is 184 g/mol. The molecule has 1 aromatic heterocycles. The average Bonchev–Trinajstić information content (AvgIpc) is 2.52. The quantitative estimate of drug-likeness (QED) is 0.707. The summed E-state index contributed by atoms with van der Waals surface area (Å²) in [5.74, 6) is 2.97. The molecule has 1 aromatic rings. The van der Waals surface area contributed by atoms with Gasteiger partial charge in [-0.25, -0.2) is 0 Å². The van der Waals surface area contributed by atoms with Crippen LogP contribution in [0.3, 0.4) is 0 Å². The summed E-state index contributed by atoms with van der Waals surface area (Å²) in [5, 5.41) is 0. The molecule has 0 fully saturated rings. The second-order valence-corrected chi connectivity index (χ2v) is 5.61. The van der Waals surface area contributed by atoms with Crippen molar-refractivity contribution in [3.05, 3.63) is 23.7 Å². The Morgan fingerprint density at radius 3 is 2.40 bits per heavy atom. The van der Waals surface area contributed by atoms with Gasteiger partial charge in [0.1, 0.15) is 11.5 Å². The molecule has 0 aliphatic heterocycles. The van der Waals surface area contributed by atoms with E-state index in [4.69, 9.17) is 4.42 Å². The van der Waals surface area contributed by atoms with Crippen LogP contribution in [0, 0.1) is 5.92 Å². The predicted octanol–water partition coefficient (Wildman–Crippen LogP) is 4.56. The van der Waals surface area contributed by atoms with Crippen LogP contribution >= 0.6 is 0 Å². The minimum absolute atomic E-state index is 0.131. The van der Waals surface area contributed by atoms with Crippen LogP contribution in [0.4, 0.5) is 0 Å². The van der Waals surface area contributed by atoms with Crippen LogP contribution in [-0.2, 0) is 11.8 Å². The standard InChI is InChI=1S/C14H24O/c1-6-7-11(2)10-12-8-9-13(15-12)14(3,4)5/h8-9,11H,6-7,10H2,1-5H3. The van der Waals surface area contributed by atoms with Crippen LogP contribution in [0.1, 0.15) is 59.0 Å². The molecule has 1 rings (SSSR count). The maximum Gasteiger partial charge on any atom is 0.109 e. The van der Waals surface area contributed by atoms with E-state index in [9.17, 15) is 0 Å². The van der Waals surface area contributed by atoms with Crippen LogP contribution in [0.2, 0.25) is 0 Å². The van der Waals surface area contributed by atoms with Crippen molar-refractivity contribution in [1.82, 2.24) is 0 Å². The van der Waals surface area contributed by atoms with Crippen molar-refractivity contribution in [3.8, 4) is 0 Å². The average molecular weight is 208 g/mol. The Labute approximate surface area is 93.9 Å². The second-order valence-electron chi connectivity index (χ2n) is 5.61. The van der Waals surface area contributed by atoms with E-state index in [-0.39, 0.29) is 5.41 Å². The highest BCUT2D eigenvalue weighted by Gasteiger charge is 2.18. The lowest BCUT2D eigenvalue weighted by Crippen LogP contribution is -2.09. The van der Waals surface area contributed by atoms with Gasteiger partial charge in [0.25, 0.3) is 0 Å². The van der Waals surface area contributed by atoms with Gasteiger partial charge in [0, 0.05) is 11.8 Å². The molecule has 86 valence electrons. The molecule has 15 heavy (non-hydrogen) atoms. The Bertz CT molecular complexity index is 291. The first-order valence-electron chi connectivity index (χ1n) is 6.02. The molecule has 1 unspecified atom stereocenters. The lowest BCUT2D eigenvalue weighted by Gasteiger charge is -2.14. The minimum atomic E-state index is 0.131. The molecule has 0 amide bonds. The fourth-order valence-corrected chi connectivity index (χ4v) is 1.83. The van der Waals surface area contributed by atoms with E-state index in [0.29, 0.717) is 0 Å². The third kappa shape index (κ3) is 3.73. The molecular formula is C14H24O. The lowest BCUT2D eigenvalue weighted by atomic mass is 9.94. The summed E-state index contributed by atoms with van der Waals surface area (Å²) in [5.41, 5.74) is 0.131. The largest absolute Gasteiger partial charge is 0.466 e. The maximum atomic E-state index is 5.87. The highest BCUT2D eigenvalue weighted by atomic mass is 16.3. The van der Waals surface area contributed by atoms with Crippen molar-refractivity contribution in [1.29, 1.82) is 0 Å². The molecule has 1 heteroatoms. The Hall–Kier alpha value is -0.720. The number of hydrogen-bond donors (Lipinski definition) is 0. The van der Waals surface area contributed by atoms with Gasteiger partial charge in [-0.3, -0.25) is 0 Å². The summed E-state index contributed by atoms with van der Waals surface area (Å²) in [6.45, 7) is 11.1. The molecule has 0 saturated carbocycles. The smallest absolute Gasteiger partial charge is 0.109 e. The van der Waals surface area contributed by atoms with Gasteiger partial charge in [-0.1, -0.05) is 47.5 Å². The normalized spacial score (nSPS) is 14.2. The molecule has 0 bridgehead atoms. The van der Waals surface area contributed by atoms with E-state index in [1.165, 1.54) is 12.8 Å². The highest BCUT2D eigenvalue weighted by molar-refractivity contribution is 5.14. The van der Waals surface area contributed by atoms with Crippen molar-refractivity contribution < 1.29 is 4.42 Å². The first-order chi connectivity index (χ1) is 6.93. The van der Waals surface area contributed by atoms with Crippen LogP contribution in [-0.4, -0.2) is 0 Å². The number of hydrogen-bond acceptors (Lipinski definition) is 1. The van der Waals surface area contributed by atoms with Crippen molar-refractivity contribution >= 4 is 0 Å². The van der Waals surface area contributed by atoms with Crippen molar-refractivity contribution in [2.75, 3.05) is 0 Å². The molecule has 1 atom stereocenters. The van der Waals surface area contributed by atoms with Gasteiger partial charge in [-0.15, -0.1) is 0 Å². The van der Waals surface area contributed by atoms with Crippen molar-refractivity contribution in [3.63, 3.8) is 0 Å². The molecule has 0 aliphatic rings. The zero-order chi connectivity index (χ0) is 11.5. The van der Waals surface area contributed by atoms with E-state index in [0.717, 1.165) is 23.9 Å². The molecule has 0 aromatic carbocycles. The SMILES string of the molecule is CCCC(C)Cc1ccc(C(C)(C)C)o1. The number of furan rings is 1. The minimum Gasteiger partial charge on any atom is -0.466 e. The summed E-state index contributed by atoms with van der Waals surface area (Å²) >= 11 is 0. The molecule has 0 spiro atoms. The third-order valence-corrected chi connectivity index (χ3v) is 2.73. The third-order valence-electron chi connectivity index (χ3n) is 2.73. The molecule has 0 aliphatic carbocycles. The van der Waals surface area contributed by atoms with Gasteiger partial charge in [0.15, 0.2) is 0 Å². The van der Waals surface area contributed by atoms with E-state index in [1.807, 2.05) is 0 Å². The van der Waals surface area contributed by atoms with Gasteiger partial charge in [0.2, 0.25) is 0 Å². The van der Waals surface area contributed by atoms with E-state index < -0.39 is 0 Å². The van der Waals surface area contributed by atoms with Gasteiger partial charge in [-0.05, 0) is 18.1 Å². The van der Waals surface area contributed by atoms with Crippen LogP contribution in [0.15, 0.2) is 16.5 Å². The number of rotatable bonds is 4. The van der Waals surface area contributed by atoms with Gasteiger partial charge >= 0.3 is 0 Å². The van der Waals surface area contributed by atoms with Crippen LogP contribution in [0.25, 0.3) is 0 Å². The molecule has 1 heterocycles. The maximum absolute atomic E-state index is 5.87. The van der Waals surface area contributed by atoms with Gasteiger partial charge in [-0.2, -0.15) is 0 Å². The van der Waals surface area contributed by atoms with Crippen molar-refractivity contribution in [2.45, 2.75) is 59.3 Å². The Balaban J connectivity index is 2.61. The second kappa shape index (κ2) is 4.87. The van der Waals surface area contributed by atoms with Gasteiger partial charge < -0.3 is 4.42 Å². The van der Waals surface area contributed by atoms with Crippen LogP contribution < -0.4 is 0 Å². The summed E-state index contributed by atoms with van der Waals surface area (Å²) in [4.78, 5) is 0. The van der Waals surface area contributed by atoms with E-state index in [1.54, 1.807) is 0 Å². The monoisotopic (exact) mass is 208 g/mol. The summed E-state index contributed by atoms with van der Waals surface area (Å²) in [6.07, 6.45) is 3.61. The van der Waals surface area contributed by atoms with Crippen molar-refractivity contribution in [2.24, 2.45) is 5.92 Å². The van der Waals surface area contributed by atoms with E-state index >= 15 is 0 Å². The summed E-state index contributed by atoms with van der Waals surface area (Å²) < 4.78 is 5.87. The predicted molar refractivity (Wildman–Crippen MR) is 65.2 cm³/mol. The molecule has 0 saturated heterocycles. The highest BCUT2D eigenvalue weighted by Crippen LogP contribution is 2.25. The van der Waals surface area contributed by atoms with E-state index in [2.05, 4.69) is 46.8 Å². The molecule has 1 nitrogen and oxygen atoms in total. The Morgan fingerprint density at radius 1 is 1.27 bits per heavy atom. The van der Waals surface area contributed by atoms with Crippen LogP contribution in [0.5, 0.6) is 0 Å². The lowest BCUT2D eigenvalue weighted by molar-refractivity contribution is 0.367. The fraction of sp³-hybridized carbons (Fsp3) is 0.714. The first kappa shape index (κ1) is 12.4. The van der Waals surface area contributed by atoms with Gasteiger partial charge in [0.05, 0.1) is 0 Å². The molecule has 0 radical (unpaired) electrons. The fourth-order valence-electron chi connectivity index (χ4n) is 1.83. The summed E-state index contributed by atoms with van der Waals surface area (Å²) in [6, 6.07) is 4.25. The zero-order valence-corrected chi connectivity index (χ0v) is 10.8. The first-order valence-corrected chi connectivity index (χ1v) is 6.02.